The zero-order valence-corrected chi connectivity index (χ0v) is 25.2. The molecule has 3 heteroatoms. The fraction of sp³-hybridized carbons (Fsp3) is 0.556. The van der Waals surface area contributed by atoms with E-state index in [0.29, 0.717) is 0 Å². The Hall–Kier alpha value is -2.68. The Bertz CT molecular complexity index is 1080. The first-order valence-electron chi connectivity index (χ1n) is 15.9. The molecule has 212 valence electrons. The summed E-state index contributed by atoms with van der Waals surface area (Å²) < 4.78 is 2.46. The highest BCUT2D eigenvalue weighted by Crippen LogP contribution is 2.19. The smallest absolute Gasteiger partial charge is 0.224 e. The summed E-state index contributed by atoms with van der Waals surface area (Å²) in [6.07, 6.45) is 24.5. The van der Waals surface area contributed by atoms with Crippen molar-refractivity contribution >= 4 is 28.5 Å². The number of pyridine rings is 1. The van der Waals surface area contributed by atoms with E-state index in [-0.39, 0.29) is 0 Å². The Morgan fingerprint density at radius 2 is 1.15 bits per heavy atom. The molecule has 3 aromatic rings. The van der Waals surface area contributed by atoms with E-state index in [4.69, 9.17) is 4.99 Å². The number of fused-ring (bicyclic) bond motifs is 1. The van der Waals surface area contributed by atoms with Gasteiger partial charge in [-0.2, -0.15) is 4.57 Å². The first kappa shape index (κ1) is 30.9. The Kier molecular flexibility index (Phi) is 14.7. The van der Waals surface area contributed by atoms with Gasteiger partial charge in [-0.25, -0.2) is 4.99 Å². The van der Waals surface area contributed by atoms with Gasteiger partial charge >= 0.3 is 0 Å². The summed E-state index contributed by atoms with van der Waals surface area (Å²) >= 11 is 0. The maximum Gasteiger partial charge on any atom is 0.224 e. The Labute approximate surface area is 239 Å². The zero-order valence-electron chi connectivity index (χ0n) is 25.2. The summed E-state index contributed by atoms with van der Waals surface area (Å²) in [5.41, 5.74) is 4.65. The average Bonchev–Trinajstić information content (AvgIpc) is 2.96. The number of para-hydroxylation sites is 1. The number of unbranched alkanes of at least 4 members (excludes halogenated alkanes) is 15. The number of hydrogen-bond acceptors (Lipinski definition) is 2. The lowest BCUT2D eigenvalue weighted by Gasteiger charge is -2.11. The molecule has 0 unspecified atom stereocenters. The Morgan fingerprint density at radius 3 is 1.72 bits per heavy atom. The van der Waals surface area contributed by atoms with Crippen molar-refractivity contribution in [3.05, 3.63) is 66.4 Å². The molecule has 0 spiro atoms. The van der Waals surface area contributed by atoms with Crippen LogP contribution in [0.25, 0.3) is 10.9 Å². The molecular formula is C36H54N3+. The SMILES string of the molecule is CCCCCCCCCCCCCCCCCC[n+]1c(C=Nc2ccc(N(C)C)cc2)ccc2ccccc21. The molecule has 1 aromatic heterocycles. The van der Waals surface area contributed by atoms with E-state index in [1.54, 1.807) is 0 Å². The number of rotatable bonds is 20. The molecule has 0 bridgehead atoms. The second kappa shape index (κ2) is 18.6. The largest absolute Gasteiger partial charge is 0.378 e. The van der Waals surface area contributed by atoms with E-state index in [1.807, 2.05) is 6.21 Å². The minimum absolute atomic E-state index is 0.989. The topological polar surface area (TPSA) is 19.5 Å². The van der Waals surface area contributed by atoms with E-state index in [2.05, 4.69) is 91.1 Å². The van der Waals surface area contributed by atoms with Crippen molar-refractivity contribution in [2.45, 2.75) is 116 Å². The van der Waals surface area contributed by atoms with Gasteiger partial charge in [0.15, 0.2) is 0 Å². The highest BCUT2D eigenvalue weighted by atomic mass is 15.1. The summed E-state index contributed by atoms with van der Waals surface area (Å²) in [5.74, 6) is 0. The minimum Gasteiger partial charge on any atom is -0.378 e. The van der Waals surface area contributed by atoms with E-state index < -0.39 is 0 Å². The first-order valence-corrected chi connectivity index (χ1v) is 15.9. The molecule has 0 saturated heterocycles. The predicted molar refractivity (Wildman–Crippen MR) is 172 cm³/mol. The molecule has 0 saturated carbocycles. The van der Waals surface area contributed by atoms with Crippen LogP contribution in [-0.4, -0.2) is 20.3 Å². The summed E-state index contributed by atoms with van der Waals surface area (Å²) in [5, 5.41) is 1.29. The second-order valence-corrected chi connectivity index (χ2v) is 11.4. The quantitative estimate of drug-likeness (QED) is 0.0811. The first-order chi connectivity index (χ1) is 19.2. The van der Waals surface area contributed by atoms with E-state index in [0.717, 1.165) is 12.2 Å². The van der Waals surface area contributed by atoms with E-state index in [1.165, 1.54) is 125 Å². The van der Waals surface area contributed by atoms with Gasteiger partial charge in [0.2, 0.25) is 11.2 Å². The number of hydrogen-bond donors (Lipinski definition) is 0. The molecule has 2 aromatic carbocycles. The molecule has 3 rings (SSSR count). The van der Waals surface area contributed by atoms with Crippen LogP contribution < -0.4 is 9.47 Å². The monoisotopic (exact) mass is 528 g/mol. The summed E-state index contributed by atoms with van der Waals surface area (Å²) in [6, 6.07) is 21.6. The van der Waals surface area contributed by atoms with Crippen molar-refractivity contribution < 1.29 is 4.57 Å². The molecule has 0 fully saturated rings. The van der Waals surface area contributed by atoms with Gasteiger partial charge in [-0.3, -0.25) is 0 Å². The van der Waals surface area contributed by atoms with Crippen molar-refractivity contribution in [2.75, 3.05) is 19.0 Å². The molecular weight excluding hydrogens is 474 g/mol. The van der Waals surface area contributed by atoms with Crippen LogP contribution in [0.4, 0.5) is 11.4 Å². The van der Waals surface area contributed by atoms with Gasteiger partial charge in [0.1, 0.15) is 6.54 Å². The van der Waals surface area contributed by atoms with Crippen molar-refractivity contribution in [2.24, 2.45) is 4.99 Å². The number of aromatic nitrogens is 1. The number of benzene rings is 2. The number of nitrogens with zero attached hydrogens (tertiary/aromatic N) is 3. The van der Waals surface area contributed by atoms with Crippen LogP contribution in [-0.2, 0) is 6.54 Å². The van der Waals surface area contributed by atoms with Crippen LogP contribution in [0.1, 0.15) is 115 Å². The molecule has 3 nitrogen and oxygen atoms in total. The van der Waals surface area contributed by atoms with Gasteiger partial charge in [-0.15, -0.1) is 0 Å². The number of anilines is 1. The number of aliphatic imine (C=N–C) groups is 1. The van der Waals surface area contributed by atoms with Crippen LogP contribution in [0.2, 0.25) is 0 Å². The highest BCUT2D eigenvalue weighted by Gasteiger charge is 2.14. The highest BCUT2D eigenvalue weighted by molar-refractivity contribution is 5.82. The molecule has 0 atom stereocenters. The lowest BCUT2D eigenvalue weighted by molar-refractivity contribution is -0.672. The third-order valence-corrected chi connectivity index (χ3v) is 7.92. The second-order valence-electron chi connectivity index (χ2n) is 11.4. The van der Waals surface area contributed by atoms with Crippen LogP contribution in [0.15, 0.2) is 65.7 Å². The Balaban J connectivity index is 1.37. The molecule has 0 aliphatic carbocycles. The molecule has 1 heterocycles. The maximum absolute atomic E-state index is 4.80. The van der Waals surface area contributed by atoms with Crippen LogP contribution in [0, 0.1) is 0 Å². The van der Waals surface area contributed by atoms with Crippen molar-refractivity contribution in [3.8, 4) is 0 Å². The molecule has 0 aliphatic heterocycles. The maximum atomic E-state index is 4.80. The van der Waals surface area contributed by atoms with Crippen molar-refractivity contribution in [1.82, 2.24) is 0 Å². The lowest BCUT2D eigenvalue weighted by atomic mass is 10.0. The van der Waals surface area contributed by atoms with Gasteiger partial charge in [-0.1, -0.05) is 109 Å². The summed E-state index contributed by atoms with van der Waals surface area (Å²) in [6.45, 7) is 3.34. The van der Waals surface area contributed by atoms with Crippen molar-refractivity contribution in [1.29, 1.82) is 0 Å². The molecule has 0 aliphatic rings. The van der Waals surface area contributed by atoms with Crippen molar-refractivity contribution in [3.63, 3.8) is 0 Å². The minimum atomic E-state index is 0.989. The summed E-state index contributed by atoms with van der Waals surface area (Å²) in [7, 11) is 4.13. The third-order valence-electron chi connectivity index (χ3n) is 7.92. The van der Waals surface area contributed by atoms with Crippen LogP contribution in [0.5, 0.6) is 0 Å². The van der Waals surface area contributed by atoms with Gasteiger partial charge in [0, 0.05) is 43.7 Å². The van der Waals surface area contributed by atoms with Crippen LogP contribution in [0.3, 0.4) is 0 Å². The van der Waals surface area contributed by atoms with E-state index in [9.17, 15) is 0 Å². The standard InChI is InChI=1S/C36H54N3/c1-4-5-6-7-8-9-10-11-12-13-14-15-16-17-18-21-30-39-35(27-24-32-22-19-20-23-36(32)39)31-37-33-25-28-34(29-26-33)38(2)3/h19-20,22-29,31H,4-18,21,30H2,1-3H3/q+1. The lowest BCUT2D eigenvalue weighted by Crippen LogP contribution is -2.39. The molecule has 0 radical (unpaired) electrons. The average molecular weight is 529 g/mol. The zero-order chi connectivity index (χ0) is 27.5. The molecule has 39 heavy (non-hydrogen) atoms. The Morgan fingerprint density at radius 1 is 0.615 bits per heavy atom. The van der Waals surface area contributed by atoms with Gasteiger partial charge < -0.3 is 4.90 Å². The third kappa shape index (κ3) is 11.5. The van der Waals surface area contributed by atoms with Gasteiger partial charge in [0.05, 0.1) is 11.9 Å². The summed E-state index contributed by atoms with van der Waals surface area (Å²) in [4.78, 5) is 6.92. The van der Waals surface area contributed by atoms with E-state index >= 15 is 0 Å². The predicted octanol–water partition coefficient (Wildman–Crippen LogP) is 10.2. The molecule has 0 N–H and O–H groups in total. The normalized spacial score (nSPS) is 11.6. The number of aryl methyl sites for hydroxylation is 1. The van der Waals surface area contributed by atoms with Gasteiger partial charge in [-0.05, 0) is 42.8 Å². The van der Waals surface area contributed by atoms with Gasteiger partial charge in [0.25, 0.3) is 0 Å². The fourth-order valence-corrected chi connectivity index (χ4v) is 5.44. The fourth-order valence-electron chi connectivity index (χ4n) is 5.44. The molecule has 0 amide bonds. The van der Waals surface area contributed by atoms with Crippen LogP contribution >= 0.6 is 0 Å².